The summed E-state index contributed by atoms with van der Waals surface area (Å²) in [5.41, 5.74) is 0. The molecule has 0 aromatic carbocycles. The Morgan fingerprint density at radius 2 is 2.38 bits per heavy atom. The average Bonchev–Trinajstić information content (AvgIpc) is 2.42. The molecule has 0 aromatic rings. The van der Waals surface area contributed by atoms with E-state index in [9.17, 15) is 0 Å². The van der Waals surface area contributed by atoms with Gasteiger partial charge < -0.3 is 5.32 Å². The van der Waals surface area contributed by atoms with Crippen LogP contribution in [0, 0.1) is 0 Å². The van der Waals surface area contributed by atoms with Crippen LogP contribution in [0.3, 0.4) is 0 Å². The number of nitrogens with one attached hydrogen (secondary N) is 1. The van der Waals surface area contributed by atoms with Gasteiger partial charge in [-0.2, -0.15) is 0 Å². The first-order valence-corrected chi connectivity index (χ1v) is 4.92. The van der Waals surface area contributed by atoms with E-state index in [0.29, 0.717) is 6.04 Å². The summed E-state index contributed by atoms with van der Waals surface area (Å²) in [6.07, 6.45) is 11.9. The number of aliphatic imine (C=N–C) groups is 1. The van der Waals surface area contributed by atoms with Crippen molar-refractivity contribution in [1.82, 2.24) is 5.32 Å². The predicted octanol–water partition coefficient (Wildman–Crippen LogP) is 2.29. The Kier molecular flexibility index (Phi) is 4.30. The summed E-state index contributed by atoms with van der Waals surface area (Å²) in [5.74, 6) is 1.09. The summed E-state index contributed by atoms with van der Waals surface area (Å²) in [7, 11) is 1.84. The maximum atomic E-state index is 4.18. The first kappa shape index (κ1) is 10.0. The molecule has 1 unspecified atom stereocenters. The lowest BCUT2D eigenvalue weighted by atomic mass is 10.1. The molecule has 2 heteroatoms. The van der Waals surface area contributed by atoms with Gasteiger partial charge in [-0.1, -0.05) is 31.2 Å². The molecular formula is C11H18N2. The Bertz CT molecular complexity index is 226. The second kappa shape index (κ2) is 5.57. The third kappa shape index (κ3) is 3.45. The van der Waals surface area contributed by atoms with Gasteiger partial charge in [0.25, 0.3) is 0 Å². The van der Waals surface area contributed by atoms with E-state index in [0.717, 1.165) is 25.1 Å². The van der Waals surface area contributed by atoms with E-state index in [1.807, 2.05) is 7.05 Å². The summed E-state index contributed by atoms with van der Waals surface area (Å²) in [6.45, 7) is 2.12. The van der Waals surface area contributed by atoms with Crippen molar-refractivity contribution < 1.29 is 0 Å². The molecule has 0 saturated heterocycles. The van der Waals surface area contributed by atoms with Gasteiger partial charge in [-0.3, -0.25) is 4.99 Å². The zero-order valence-electron chi connectivity index (χ0n) is 8.46. The number of rotatable bonds is 2. The minimum absolute atomic E-state index is 0.452. The van der Waals surface area contributed by atoms with Crippen LogP contribution in [-0.4, -0.2) is 18.9 Å². The highest BCUT2D eigenvalue weighted by molar-refractivity contribution is 5.82. The van der Waals surface area contributed by atoms with Crippen molar-refractivity contribution in [3.05, 3.63) is 24.3 Å². The van der Waals surface area contributed by atoms with Gasteiger partial charge in [-0.25, -0.2) is 0 Å². The molecule has 1 atom stereocenters. The molecule has 1 rings (SSSR count). The third-order valence-corrected chi connectivity index (χ3v) is 2.19. The summed E-state index contributed by atoms with van der Waals surface area (Å²) in [4.78, 5) is 4.18. The Morgan fingerprint density at radius 1 is 1.54 bits per heavy atom. The zero-order chi connectivity index (χ0) is 9.52. The standard InChI is InChI=1S/C11H18N2/c1-3-11(12-2)13-10-8-6-4-5-7-9-10/h4-6,8,10H,3,7,9H2,1-2H3,(H,12,13). The highest BCUT2D eigenvalue weighted by Gasteiger charge is 2.05. The van der Waals surface area contributed by atoms with Crippen molar-refractivity contribution in [2.24, 2.45) is 4.99 Å². The van der Waals surface area contributed by atoms with Crippen LogP contribution in [0.5, 0.6) is 0 Å². The van der Waals surface area contributed by atoms with E-state index < -0.39 is 0 Å². The van der Waals surface area contributed by atoms with Gasteiger partial charge >= 0.3 is 0 Å². The fourth-order valence-corrected chi connectivity index (χ4v) is 1.40. The van der Waals surface area contributed by atoms with Gasteiger partial charge in [0, 0.05) is 19.5 Å². The van der Waals surface area contributed by atoms with E-state index in [1.54, 1.807) is 0 Å². The molecule has 0 aliphatic heterocycles. The van der Waals surface area contributed by atoms with Crippen LogP contribution in [0.25, 0.3) is 0 Å². The quantitative estimate of drug-likeness (QED) is 0.509. The number of amidine groups is 1. The Labute approximate surface area is 80.4 Å². The normalized spacial score (nSPS) is 22.9. The largest absolute Gasteiger partial charge is 0.368 e. The molecule has 0 radical (unpaired) electrons. The summed E-state index contributed by atoms with van der Waals surface area (Å²) in [5, 5.41) is 3.42. The SMILES string of the molecule is CCC(=NC)NC1C=CC=CCC1. The molecule has 0 amide bonds. The lowest BCUT2D eigenvalue weighted by Crippen LogP contribution is -2.32. The zero-order valence-corrected chi connectivity index (χ0v) is 8.46. The molecule has 0 spiro atoms. The maximum Gasteiger partial charge on any atom is 0.0961 e. The van der Waals surface area contributed by atoms with Crippen LogP contribution in [0.15, 0.2) is 29.3 Å². The Hall–Kier alpha value is -1.05. The maximum absolute atomic E-state index is 4.18. The van der Waals surface area contributed by atoms with Crippen molar-refractivity contribution in [1.29, 1.82) is 0 Å². The Balaban J connectivity index is 2.44. The molecule has 1 N–H and O–H groups in total. The van der Waals surface area contributed by atoms with Crippen LogP contribution < -0.4 is 5.32 Å². The van der Waals surface area contributed by atoms with Crippen molar-refractivity contribution in [3.63, 3.8) is 0 Å². The van der Waals surface area contributed by atoms with Crippen molar-refractivity contribution in [2.45, 2.75) is 32.2 Å². The van der Waals surface area contributed by atoms with Gasteiger partial charge in [-0.05, 0) is 12.8 Å². The molecule has 1 aliphatic rings. The van der Waals surface area contributed by atoms with Gasteiger partial charge in [-0.15, -0.1) is 0 Å². The molecule has 0 heterocycles. The minimum Gasteiger partial charge on any atom is -0.368 e. The predicted molar refractivity (Wildman–Crippen MR) is 58.1 cm³/mol. The first-order chi connectivity index (χ1) is 6.36. The first-order valence-electron chi connectivity index (χ1n) is 4.92. The number of hydrogen-bond acceptors (Lipinski definition) is 1. The highest BCUT2D eigenvalue weighted by atomic mass is 15.0. The van der Waals surface area contributed by atoms with Gasteiger partial charge in [0.05, 0.1) is 5.84 Å². The van der Waals surface area contributed by atoms with E-state index in [4.69, 9.17) is 0 Å². The van der Waals surface area contributed by atoms with E-state index in [-0.39, 0.29) is 0 Å². The fraction of sp³-hybridized carbons (Fsp3) is 0.545. The molecular weight excluding hydrogens is 160 g/mol. The van der Waals surface area contributed by atoms with Crippen molar-refractivity contribution >= 4 is 5.84 Å². The Morgan fingerprint density at radius 3 is 3.08 bits per heavy atom. The second-order valence-corrected chi connectivity index (χ2v) is 3.17. The summed E-state index contributed by atoms with van der Waals surface area (Å²) >= 11 is 0. The number of nitrogens with zero attached hydrogens (tertiary/aromatic N) is 1. The summed E-state index contributed by atoms with van der Waals surface area (Å²) < 4.78 is 0. The third-order valence-electron chi connectivity index (χ3n) is 2.19. The molecule has 0 bridgehead atoms. The van der Waals surface area contributed by atoms with Crippen LogP contribution in [-0.2, 0) is 0 Å². The van der Waals surface area contributed by atoms with Crippen LogP contribution in [0.1, 0.15) is 26.2 Å². The van der Waals surface area contributed by atoms with Crippen LogP contribution >= 0.6 is 0 Å². The molecule has 0 aromatic heterocycles. The fourth-order valence-electron chi connectivity index (χ4n) is 1.40. The van der Waals surface area contributed by atoms with Crippen molar-refractivity contribution in [3.8, 4) is 0 Å². The highest BCUT2D eigenvalue weighted by Crippen LogP contribution is 2.05. The van der Waals surface area contributed by atoms with E-state index in [1.165, 1.54) is 0 Å². The van der Waals surface area contributed by atoms with E-state index in [2.05, 4.69) is 41.5 Å². The van der Waals surface area contributed by atoms with Gasteiger partial charge in [0.15, 0.2) is 0 Å². The molecule has 0 saturated carbocycles. The molecule has 72 valence electrons. The van der Waals surface area contributed by atoms with Gasteiger partial charge in [0.1, 0.15) is 0 Å². The monoisotopic (exact) mass is 178 g/mol. The second-order valence-electron chi connectivity index (χ2n) is 3.17. The number of hydrogen-bond donors (Lipinski definition) is 1. The van der Waals surface area contributed by atoms with Crippen LogP contribution in [0.2, 0.25) is 0 Å². The minimum atomic E-state index is 0.452. The van der Waals surface area contributed by atoms with E-state index >= 15 is 0 Å². The average molecular weight is 178 g/mol. The molecule has 1 aliphatic carbocycles. The smallest absolute Gasteiger partial charge is 0.0961 e. The van der Waals surface area contributed by atoms with Crippen LogP contribution in [0.4, 0.5) is 0 Å². The lowest BCUT2D eigenvalue weighted by molar-refractivity contribution is 0.664. The topological polar surface area (TPSA) is 24.4 Å². The van der Waals surface area contributed by atoms with Gasteiger partial charge in [0.2, 0.25) is 0 Å². The molecule has 0 fully saturated rings. The van der Waals surface area contributed by atoms with Crippen molar-refractivity contribution in [2.75, 3.05) is 7.05 Å². The number of allylic oxidation sites excluding steroid dienone is 3. The molecule has 2 nitrogen and oxygen atoms in total. The molecule has 13 heavy (non-hydrogen) atoms. The lowest BCUT2D eigenvalue weighted by Gasteiger charge is -2.15. The summed E-state index contributed by atoms with van der Waals surface area (Å²) in [6, 6.07) is 0.452.